The van der Waals surface area contributed by atoms with Crippen LogP contribution in [0.15, 0.2) is 0 Å². The van der Waals surface area contributed by atoms with E-state index in [2.05, 4.69) is 24.1 Å². The molecule has 1 aliphatic heterocycles. The van der Waals surface area contributed by atoms with E-state index in [-0.39, 0.29) is 0 Å². The maximum Gasteiger partial charge on any atom is 0.0195 e. The van der Waals surface area contributed by atoms with Gasteiger partial charge in [0.15, 0.2) is 0 Å². The summed E-state index contributed by atoms with van der Waals surface area (Å²) in [6.07, 6.45) is 8.73. The van der Waals surface area contributed by atoms with Crippen LogP contribution in [-0.2, 0) is 0 Å². The van der Waals surface area contributed by atoms with Gasteiger partial charge in [0.1, 0.15) is 0 Å². The fraction of sp³-hybridized carbons (Fsp3) is 1.00. The monoisotopic (exact) mass is 224 g/mol. The normalized spacial score (nSPS) is 31.5. The van der Waals surface area contributed by atoms with Gasteiger partial charge in [-0.05, 0) is 32.1 Å². The van der Waals surface area contributed by atoms with E-state index in [4.69, 9.17) is 0 Å². The largest absolute Gasteiger partial charge is 0.314 e. The van der Waals surface area contributed by atoms with Crippen molar-refractivity contribution in [3.05, 3.63) is 0 Å². The molecule has 2 fully saturated rings. The molecule has 2 nitrogen and oxygen atoms in total. The highest BCUT2D eigenvalue weighted by Gasteiger charge is 2.31. The molecule has 2 rings (SSSR count). The summed E-state index contributed by atoms with van der Waals surface area (Å²) in [6, 6.07) is 1.60. The van der Waals surface area contributed by atoms with E-state index in [1.54, 1.807) is 0 Å². The van der Waals surface area contributed by atoms with E-state index in [1.807, 2.05) is 0 Å². The summed E-state index contributed by atoms with van der Waals surface area (Å²) < 4.78 is 0. The number of rotatable bonds is 3. The predicted molar refractivity (Wildman–Crippen MR) is 69.7 cm³/mol. The van der Waals surface area contributed by atoms with E-state index < -0.39 is 0 Å². The molecule has 0 aromatic rings. The van der Waals surface area contributed by atoms with E-state index in [1.165, 1.54) is 58.2 Å². The molecular weight excluding hydrogens is 196 g/mol. The van der Waals surface area contributed by atoms with Crippen LogP contribution in [0.4, 0.5) is 0 Å². The summed E-state index contributed by atoms with van der Waals surface area (Å²) in [5.41, 5.74) is 0. The first-order chi connectivity index (χ1) is 7.83. The summed E-state index contributed by atoms with van der Waals surface area (Å²) in [7, 11) is 0. The Morgan fingerprint density at radius 3 is 2.62 bits per heavy atom. The van der Waals surface area contributed by atoms with Crippen LogP contribution in [0, 0.1) is 5.92 Å². The van der Waals surface area contributed by atoms with Crippen LogP contribution in [0.3, 0.4) is 0 Å². The van der Waals surface area contributed by atoms with Gasteiger partial charge in [-0.1, -0.05) is 26.2 Å². The van der Waals surface area contributed by atoms with Crippen LogP contribution in [0.25, 0.3) is 0 Å². The topological polar surface area (TPSA) is 15.3 Å². The zero-order valence-corrected chi connectivity index (χ0v) is 11.0. The molecule has 1 N–H and O–H groups in total. The first kappa shape index (κ1) is 12.4. The molecule has 0 spiro atoms. The van der Waals surface area contributed by atoms with Crippen molar-refractivity contribution in [3.8, 4) is 0 Å². The van der Waals surface area contributed by atoms with Gasteiger partial charge in [-0.25, -0.2) is 0 Å². The summed E-state index contributed by atoms with van der Waals surface area (Å²) in [5.74, 6) is 0.985. The number of piperazine rings is 1. The minimum atomic E-state index is 0.737. The van der Waals surface area contributed by atoms with Gasteiger partial charge < -0.3 is 5.32 Å². The molecule has 0 radical (unpaired) electrons. The average Bonchev–Trinajstić information content (AvgIpc) is 2.34. The highest BCUT2D eigenvalue weighted by atomic mass is 15.2. The summed E-state index contributed by atoms with van der Waals surface area (Å²) in [5, 5.41) is 3.50. The van der Waals surface area contributed by atoms with Gasteiger partial charge in [-0.3, -0.25) is 4.90 Å². The van der Waals surface area contributed by atoms with Gasteiger partial charge in [0.25, 0.3) is 0 Å². The second-order valence-corrected chi connectivity index (χ2v) is 5.66. The van der Waals surface area contributed by atoms with Crippen molar-refractivity contribution in [2.24, 2.45) is 5.92 Å². The van der Waals surface area contributed by atoms with Crippen LogP contribution >= 0.6 is 0 Å². The molecule has 2 atom stereocenters. The fourth-order valence-corrected chi connectivity index (χ4v) is 3.71. The number of nitrogens with one attached hydrogen (secondary N) is 1. The molecule has 2 unspecified atom stereocenters. The molecule has 0 bridgehead atoms. The Kier molecular flexibility index (Phi) is 4.66. The van der Waals surface area contributed by atoms with Crippen molar-refractivity contribution in [2.75, 3.05) is 19.6 Å². The summed E-state index contributed by atoms with van der Waals surface area (Å²) in [6.45, 7) is 8.40. The molecular formula is C14H28N2. The summed E-state index contributed by atoms with van der Waals surface area (Å²) >= 11 is 0. The van der Waals surface area contributed by atoms with Gasteiger partial charge >= 0.3 is 0 Å². The molecule has 2 aliphatic rings. The minimum Gasteiger partial charge on any atom is -0.314 e. The van der Waals surface area contributed by atoms with Crippen molar-refractivity contribution in [1.82, 2.24) is 10.2 Å². The van der Waals surface area contributed by atoms with Crippen LogP contribution in [0.5, 0.6) is 0 Å². The van der Waals surface area contributed by atoms with Crippen LogP contribution in [0.1, 0.15) is 52.4 Å². The maximum absolute atomic E-state index is 3.50. The lowest BCUT2D eigenvalue weighted by Gasteiger charge is -2.44. The van der Waals surface area contributed by atoms with Gasteiger partial charge in [0.2, 0.25) is 0 Å². The van der Waals surface area contributed by atoms with Gasteiger partial charge in [0.05, 0.1) is 0 Å². The number of hydrogen-bond acceptors (Lipinski definition) is 2. The number of hydrogen-bond donors (Lipinski definition) is 1. The second-order valence-electron chi connectivity index (χ2n) is 5.66. The maximum atomic E-state index is 3.50. The molecule has 0 amide bonds. The smallest absolute Gasteiger partial charge is 0.0195 e. The van der Waals surface area contributed by atoms with Crippen molar-refractivity contribution < 1.29 is 0 Å². The Balaban J connectivity index is 1.96. The first-order valence-electron chi connectivity index (χ1n) is 7.29. The van der Waals surface area contributed by atoms with E-state index in [0.29, 0.717) is 0 Å². The molecule has 1 saturated carbocycles. The lowest BCUT2D eigenvalue weighted by Crippen LogP contribution is -2.55. The second kappa shape index (κ2) is 6.02. The molecule has 0 aromatic carbocycles. The third-order valence-corrected chi connectivity index (χ3v) is 4.59. The lowest BCUT2D eigenvalue weighted by atomic mass is 9.81. The zero-order valence-electron chi connectivity index (χ0n) is 11.0. The molecule has 1 heterocycles. The average molecular weight is 224 g/mol. The minimum absolute atomic E-state index is 0.737. The Bertz CT molecular complexity index is 199. The van der Waals surface area contributed by atoms with Gasteiger partial charge in [0, 0.05) is 31.7 Å². The molecule has 1 aliphatic carbocycles. The molecule has 0 aromatic heterocycles. The quantitative estimate of drug-likeness (QED) is 0.793. The van der Waals surface area contributed by atoms with E-state index in [9.17, 15) is 0 Å². The Morgan fingerprint density at radius 2 is 2.00 bits per heavy atom. The van der Waals surface area contributed by atoms with E-state index >= 15 is 0 Å². The SMILES string of the molecule is CCC(C1CCCCC1)N1CCNCC1C. The van der Waals surface area contributed by atoms with Crippen LogP contribution in [-0.4, -0.2) is 36.6 Å². The standard InChI is InChI=1S/C14H28N2/c1-3-14(13-7-5-4-6-8-13)16-10-9-15-11-12(16)2/h12-15H,3-11H2,1-2H3. The molecule has 2 heteroatoms. The highest BCUT2D eigenvalue weighted by Crippen LogP contribution is 2.31. The number of nitrogens with zero attached hydrogens (tertiary/aromatic N) is 1. The third kappa shape index (κ3) is 2.78. The Morgan fingerprint density at radius 1 is 1.25 bits per heavy atom. The Hall–Kier alpha value is -0.0800. The van der Waals surface area contributed by atoms with Gasteiger partial charge in [-0.2, -0.15) is 0 Å². The molecule has 1 saturated heterocycles. The van der Waals surface area contributed by atoms with Crippen molar-refractivity contribution >= 4 is 0 Å². The fourth-order valence-electron chi connectivity index (χ4n) is 3.71. The van der Waals surface area contributed by atoms with Crippen LogP contribution in [0.2, 0.25) is 0 Å². The lowest BCUT2D eigenvalue weighted by molar-refractivity contribution is 0.0616. The van der Waals surface area contributed by atoms with Crippen molar-refractivity contribution in [2.45, 2.75) is 64.5 Å². The van der Waals surface area contributed by atoms with E-state index in [0.717, 1.165) is 18.0 Å². The van der Waals surface area contributed by atoms with Crippen molar-refractivity contribution in [3.63, 3.8) is 0 Å². The van der Waals surface area contributed by atoms with Crippen LogP contribution < -0.4 is 5.32 Å². The van der Waals surface area contributed by atoms with Gasteiger partial charge in [-0.15, -0.1) is 0 Å². The predicted octanol–water partition coefficient (Wildman–Crippen LogP) is 2.64. The first-order valence-corrected chi connectivity index (χ1v) is 7.29. The summed E-state index contributed by atoms with van der Waals surface area (Å²) in [4.78, 5) is 2.78. The molecule has 16 heavy (non-hydrogen) atoms. The third-order valence-electron chi connectivity index (χ3n) is 4.59. The highest BCUT2D eigenvalue weighted by molar-refractivity contribution is 4.87. The molecule has 94 valence electrons. The zero-order chi connectivity index (χ0) is 11.4. The Labute approximate surface area is 101 Å². The van der Waals surface area contributed by atoms with Crippen molar-refractivity contribution in [1.29, 1.82) is 0 Å².